The lowest BCUT2D eigenvalue weighted by Gasteiger charge is -2.14. The van der Waals surface area contributed by atoms with Gasteiger partial charge in [-0.2, -0.15) is 13.2 Å². The average molecular weight is 394 g/mol. The zero-order valence-corrected chi connectivity index (χ0v) is 14.8. The van der Waals surface area contributed by atoms with Gasteiger partial charge >= 0.3 is 12.1 Å². The Bertz CT molecular complexity index is 1060. The maximum atomic E-state index is 13.1. The molecule has 0 fully saturated rings. The molecule has 3 rings (SSSR count). The molecule has 0 unspecified atom stereocenters. The summed E-state index contributed by atoms with van der Waals surface area (Å²) >= 11 is 0.913. The second-order valence-corrected chi connectivity index (χ2v) is 6.41. The molecule has 27 heavy (non-hydrogen) atoms. The van der Waals surface area contributed by atoms with Crippen LogP contribution in [-0.2, 0) is 15.7 Å². The molecule has 0 aliphatic carbocycles. The summed E-state index contributed by atoms with van der Waals surface area (Å²) in [5, 5.41) is 0.362. The van der Waals surface area contributed by atoms with Crippen LogP contribution >= 0.6 is 11.8 Å². The molecule has 1 aromatic heterocycles. The lowest BCUT2D eigenvalue weighted by Crippen LogP contribution is -2.22. The number of alkyl halides is 3. The first-order chi connectivity index (χ1) is 12.8. The van der Waals surface area contributed by atoms with Crippen LogP contribution in [0.2, 0.25) is 0 Å². The topological polar surface area (TPSA) is 61.2 Å². The highest BCUT2D eigenvalue weighted by Crippen LogP contribution is 2.31. The number of fused-ring (bicyclic) bond motifs is 1. The number of nitrogens with zero attached hydrogens (tertiary/aromatic N) is 2. The van der Waals surface area contributed by atoms with Crippen molar-refractivity contribution in [3.8, 4) is 5.69 Å². The number of ether oxygens (including phenoxy) is 1. The predicted molar refractivity (Wildman–Crippen MR) is 95.1 cm³/mol. The number of aromatic nitrogens is 2. The second kappa shape index (κ2) is 7.43. The number of thioether (sulfide) groups is 1. The van der Waals surface area contributed by atoms with E-state index in [1.807, 2.05) is 0 Å². The molecular formula is C18H13F3N2O3S. The number of methoxy groups -OCH3 is 1. The van der Waals surface area contributed by atoms with Crippen LogP contribution in [0.15, 0.2) is 58.5 Å². The highest BCUT2D eigenvalue weighted by Gasteiger charge is 2.31. The van der Waals surface area contributed by atoms with Crippen molar-refractivity contribution in [1.29, 1.82) is 0 Å². The molecule has 0 bridgehead atoms. The SMILES string of the molecule is COC(=O)CSc1nc2ccccc2c(=O)n1-c1cccc(C(F)(F)F)c1. The van der Waals surface area contributed by atoms with Gasteiger partial charge in [0.15, 0.2) is 5.16 Å². The Morgan fingerprint density at radius 3 is 2.63 bits per heavy atom. The van der Waals surface area contributed by atoms with Crippen LogP contribution in [0.25, 0.3) is 16.6 Å². The fourth-order valence-electron chi connectivity index (χ4n) is 2.44. The van der Waals surface area contributed by atoms with E-state index in [2.05, 4.69) is 9.72 Å². The Kier molecular flexibility index (Phi) is 5.22. The van der Waals surface area contributed by atoms with Crippen LogP contribution in [0.4, 0.5) is 13.2 Å². The van der Waals surface area contributed by atoms with Crippen LogP contribution < -0.4 is 5.56 Å². The number of carbonyl (C=O) groups excluding carboxylic acids is 1. The summed E-state index contributed by atoms with van der Waals surface area (Å²) in [6.45, 7) is 0. The van der Waals surface area contributed by atoms with Crippen LogP contribution in [0, 0.1) is 0 Å². The van der Waals surface area contributed by atoms with E-state index in [4.69, 9.17) is 0 Å². The van der Waals surface area contributed by atoms with Gasteiger partial charge in [0.1, 0.15) is 0 Å². The summed E-state index contributed by atoms with van der Waals surface area (Å²) < 4.78 is 44.9. The molecule has 0 atom stereocenters. The van der Waals surface area contributed by atoms with Crippen molar-refractivity contribution in [2.45, 2.75) is 11.3 Å². The molecule has 140 valence electrons. The first-order valence-electron chi connectivity index (χ1n) is 7.70. The van der Waals surface area contributed by atoms with Crippen LogP contribution in [0.3, 0.4) is 0 Å². The van der Waals surface area contributed by atoms with Gasteiger partial charge in [0.25, 0.3) is 5.56 Å². The molecule has 0 amide bonds. The first-order valence-corrected chi connectivity index (χ1v) is 8.69. The Morgan fingerprint density at radius 2 is 1.93 bits per heavy atom. The maximum absolute atomic E-state index is 13.1. The number of para-hydroxylation sites is 1. The summed E-state index contributed by atoms with van der Waals surface area (Å²) in [6, 6.07) is 10.9. The summed E-state index contributed by atoms with van der Waals surface area (Å²) in [5.74, 6) is -0.682. The Labute approximate surface area is 155 Å². The highest BCUT2D eigenvalue weighted by atomic mass is 32.2. The van der Waals surface area contributed by atoms with E-state index in [0.717, 1.165) is 28.5 Å². The van der Waals surface area contributed by atoms with Crippen molar-refractivity contribution >= 4 is 28.6 Å². The smallest absolute Gasteiger partial charge is 0.416 e. The molecule has 0 saturated heterocycles. The van der Waals surface area contributed by atoms with E-state index in [9.17, 15) is 22.8 Å². The van der Waals surface area contributed by atoms with Gasteiger partial charge in [-0.15, -0.1) is 0 Å². The fraction of sp³-hybridized carbons (Fsp3) is 0.167. The standard InChI is InChI=1S/C18H13F3N2O3S/c1-26-15(24)10-27-17-22-14-8-3-2-7-13(14)16(25)23(17)12-6-4-5-11(9-12)18(19,20)21/h2-9H,10H2,1H3. The minimum Gasteiger partial charge on any atom is -0.468 e. The van der Waals surface area contributed by atoms with E-state index in [0.29, 0.717) is 5.52 Å². The van der Waals surface area contributed by atoms with Gasteiger partial charge in [-0.3, -0.25) is 14.2 Å². The summed E-state index contributed by atoms with van der Waals surface area (Å²) in [7, 11) is 1.22. The van der Waals surface area contributed by atoms with E-state index >= 15 is 0 Å². The van der Waals surface area contributed by atoms with Crippen molar-refractivity contribution < 1.29 is 22.7 Å². The molecule has 0 aliphatic heterocycles. The van der Waals surface area contributed by atoms with Gasteiger partial charge in [0, 0.05) is 0 Å². The third-order valence-electron chi connectivity index (χ3n) is 3.72. The Hall–Kier alpha value is -2.81. The molecule has 0 spiro atoms. The van der Waals surface area contributed by atoms with E-state index in [1.54, 1.807) is 24.3 Å². The zero-order chi connectivity index (χ0) is 19.6. The highest BCUT2D eigenvalue weighted by molar-refractivity contribution is 7.99. The lowest BCUT2D eigenvalue weighted by molar-refractivity contribution is -0.138. The number of hydrogen-bond donors (Lipinski definition) is 0. The van der Waals surface area contributed by atoms with Gasteiger partial charge in [-0.25, -0.2) is 4.98 Å². The van der Waals surface area contributed by atoms with E-state index in [-0.39, 0.29) is 22.0 Å². The zero-order valence-electron chi connectivity index (χ0n) is 14.0. The molecule has 0 radical (unpaired) electrons. The van der Waals surface area contributed by atoms with E-state index < -0.39 is 23.3 Å². The molecule has 1 heterocycles. The summed E-state index contributed by atoms with van der Waals surface area (Å²) in [4.78, 5) is 28.7. The molecule has 2 aromatic carbocycles. The van der Waals surface area contributed by atoms with Crippen molar-refractivity contribution in [2.24, 2.45) is 0 Å². The van der Waals surface area contributed by atoms with Gasteiger partial charge < -0.3 is 4.74 Å². The quantitative estimate of drug-likeness (QED) is 0.384. The number of hydrogen-bond acceptors (Lipinski definition) is 5. The third kappa shape index (κ3) is 3.97. The minimum atomic E-state index is -4.55. The molecule has 0 saturated carbocycles. The lowest BCUT2D eigenvalue weighted by atomic mass is 10.2. The fourth-order valence-corrected chi connectivity index (χ4v) is 3.29. The van der Waals surface area contributed by atoms with E-state index in [1.165, 1.54) is 19.2 Å². The predicted octanol–water partition coefficient (Wildman–Crippen LogP) is 3.67. The van der Waals surface area contributed by atoms with Crippen LogP contribution in [-0.4, -0.2) is 28.4 Å². The van der Waals surface area contributed by atoms with Crippen molar-refractivity contribution in [2.75, 3.05) is 12.9 Å². The maximum Gasteiger partial charge on any atom is 0.416 e. The van der Waals surface area contributed by atoms with Crippen molar-refractivity contribution in [3.05, 3.63) is 64.4 Å². The monoisotopic (exact) mass is 394 g/mol. The number of rotatable bonds is 4. The van der Waals surface area contributed by atoms with Crippen molar-refractivity contribution in [3.63, 3.8) is 0 Å². The largest absolute Gasteiger partial charge is 0.468 e. The van der Waals surface area contributed by atoms with Gasteiger partial charge in [0.2, 0.25) is 0 Å². The van der Waals surface area contributed by atoms with Crippen LogP contribution in [0.5, 0.6) is 0 Å². The Morgan fingerprint density at radius 1 is 1.19 bits per heavy atom. The summed E-state index contributed by atoms with van der Waals surface area (Å²) in [5.41, 5.74) is -1.00. The van der Waals surface area contributed by atoms with Gasteiger partial charge in [-0.05, 0) is 30.3 Å². The van der Waals surface area contributed by atoms with Crippen LogP contribution in [0.1, 0.15) is 5.56 Å². The van der Waals surface area contributed by atoms with Crippen molar-refractivity contribution in [1.82, 2.24) is 9.55 Å². The van der Waals surface area contributed by atoms with Gasteiger partial charge in [0.05, 0.1) is 35.0 Å². The molecular weight excluding hydrogens is 381 g/mol. The third-order valence-corrected chi connectivity index (χ3v) is 4.64. The first kappa shape index (κ1) is 19.0. The molecule has 3 aromatic rings. The van der Waals surface area contributed by atoms with Gasteiger partial charge in [-0.1, -0.05) is 30.0 Å². The molecule has 0 aliphatic rings. The normalized spacial score (nSPS) is 11.6. The second-order valence-electron chi connectivity index (χ2n) is 5.46. The number of halogens is 3. The average Bonchev–Trinajstić information content (AvgIpc) is 2.65. The minimum absolute atomic E-state index is 0.0143. The molecule has 5 nitrogen and oxygen atoms in total. The number of esters is 1. The Balaban J connectivity index is 2.22. The molecule has 9 heteroatoms. The molecule has 0 N–H and O–H groups in total. The number of benzene rings is 2. The number of carbonyl (C=O) groups is 1. The summed E-state index contributed by atoms with van der Waals surface area (Å²) in [6.07, 6.45) is -4.55.